The normalized spacial score (nSPS) is 11.5. The monoisotopic (exact) mass is 438 g/mol. The van der Waals surface area contributed by atoms with Crippen LogP contribution in [0, 0.1) is 0 Å². The number of hydrogen-bond donors (Lipinski definition) is 2. The van der Waals surface area contributed by atoms with E-state index in [1.165, 1.54) is 16.9 Å². The first-order valence-corrected chi connectivity index (χ1v) is 11.0. The molecular formula is C23H26N4O3S. The van der Waals surface area contributed by atoms with E-state index in [-0.39, 0.29) is 22.9 Å². The van der Waals surface area contributed by atoms with Crippen molar-refractivity contribution >= 4 is 28.8 Å². The summed E-state index contributed by atoms with van der Waals surface area (Å²) < 4.78 is 5.10. The summed E-state index contributed by atoms with van der Waals surface area (Å²) in [5.74, 6) is 0.358. The molecule has 0 spiro atoms. The minimum absolute atomic E-state index is 0.0278. The zero-order valence-corrected chi connectivity index (χ0v) is 18.4. The quantitative estimate of drug-likeness (QED) is 0.501. The van der Waals surface area contributed by atoms with Crippen LogP contribution in [0.15, 0.2) is 54.6 Å². The molecule has 1 atom stereocenters. The van der Waals surface area contributed by atoms with Crippen molar-refractivity contribution < 1.29 is 14.3 Å². The molecule has 0 saturated heterocycles. The first-order valence-electron chi connectivity index (χ1n) is 10.1. The molecule has 2 N–H and O–H groups in total. The first kappa shape index (κ1) is 22.4. The average molecular weight is 439 g/mol. The van der Waals surface area contributed by atoms with Gasteiger partial charge in [-0.15, -0.1) is 10.2 Å². The molecule has 3 aromatic rings. The standard InChI is InChI=1S/C23H26N4O3S/c1-16(8-9-17-6-4-3-5-7-17)24-20(28)14-15-21-26-27-23(31-21)22(29)25-18-10-12-19(30-2)13-11-18/h3-7,10-13,16H,8-9,14-15H2,1-2H3,(H,24,28)(H,25,29)/t16-/m1/s1. The lowest BCUT2D eigenvalue weighted by atomic mass is 10.1. The highest BCUT2D eigenvalue weighted by Gasteiger charge is 2.15. The summed E-state index contributed by atoms with van der Waals surface area (Å²) in [4.78, 5) is 24.6. The van der Waals surface area contributed by atoms with E-state index in [0.717, 1.165) is 12.8 Å². The third kappa shape index (κ3) is 7.18. The maximum absolute atomic E-state index is 12.3. The molecule has 8 heteroatoms. The topological polar surface area (TPSA) is 93.2 Å². The van der Waals surface area contributed by atoms with Crippen LogP contribution >= 0.6 is 11.3 Å². The fourth-order valence-corrected chi connectivity index (χ4v) is 3.71. The second-order valence-electron chi connectivity index (χ2n) is 7.18. The third-order valence-electron chi connectivity index (χ3n) is 4.69. The number of aryl methyl sites for hydroxylation is 2. The van der Waals surface area contributed by atoms with Crippen LogP contribution in [0.5, 0.6) is 5.75 Å². The molecule has 0 radical (unpaired) electrons. The zero-order chi connectivity index (χ0) is 22.1. The molecule has 0 saturated carbocycles. The number of hydrogen-bond acceptors (Lipinski definition) is 6. The summed E-state index contributed by atoms with van der Waals surface area (Å²) in [5.41, 5.74) is 1.91. The lowest BCUT2D eigenvalue weighted by molar-refractivity contribution is -0.121. The number of carbonyl (C=O) groups is 2. The zero-order valence-electron chi connectivity index (χ0n) is 17.6. The van der Waals surface area contributed by atoms with Crippen molar-refractivity contribution in [1.29, 1.82) is 0 Å². The second kappa shape index (κ2) is 11.2. The van der Waals surface area contributed by atoms with Crippen LogP contribution in [0.1, 0.15) is 40.1 Å². The predicted octanol–water partition coefficient (Wildman–Crippen LogP) is 3.87. The Bertz CT molecular complexity index is 990. The van der Waals surface area contributed by atoms with Crippen molar-refractivity contribution in [2.75, 3.05) is 12.4 Å². The van der Waals surface area contributed by atoms with Crippen LogP contribution in [0.4, 0.5) is 5.69 Å². The highest BCUT2D eigenvalue weighted by molar-refractivity contribution is 7.13. The van der Waals surface area contributed by atoms with Gasteiger partial charge < -0.3 is 15.4 Å². The number of benzene rings is 2. The molecular weight excluding hydrogens is 412 g/mol. The van der Waals surface area contributed by atoms with E-state index in [0.29, 0.717) is 29.3 Å². The summed E-state index contributed by atoms with van der Waals surface area (Å²) in [6.45, 7) is 2.01. The van der Waals surface area contributed by atoms with Gasteiger partial charge >= 0.3 is 0 Å². The van der Waals surface area contributed by atoms with Crippen molar-refractivity contribution in [3.63, 3.8) is 0 Å². The van der Waals surface area contributed by atoms with Crippen molar-refractivity contribution in [3.05, 3.63) is 70.2 Å². The minimum atomic E-state index is -0.326. The van der Waals surface area contributed by atoms with Gasteiger partial charge in [0.25, 0.3) is 5.91 Å². The molecule has 2 aromatic carbocycles. The van der Waals surface area contributed by atoms with Crippen molar-refractivity contribution in [3.8, 4) is 5.75 Å². The van der Waals surface area contributed by atoms with Crippen molar-refractivity contribution in [2.24, 2.45) is 0 Å². The van der Waals surface area contributed by atoms with E-state index in [1.54, 1.807) is 31.4 Å². The Morgan fingerprint density at radius 3 is 2.48 bits per heavy atom. The van der Waals surface area contributed by atoms with E-state index < -0.39 is 0 Å². The minimum Gasteiger partial charge on any atom is -0.497 e. The smallest absolute Gasteiger partial charge is 0.286 e. The van der Waals surface area contributed by atoms with Gasteiger partial charge in [0.15, 0.2) is 0 Å². The Kier molecular flexibility index (Phi) is 8.12. The summed E-state index contributed by atoms with van der Waals surface area (Å²) in [6.07, 6.45) is 2.56. The van der Waals surface area contributed by atoms with Crippen LogP contribution < -0.4 is 15.4 Å². The molecule has 0 aliphatic rings. The van der Waals surface area contributed by atoms with Gasteiger partial charge in [0, 0.05) is 24.6 Å². The number of rotatable bonds is 10. The Morgan fingerprint density at radius 1 is 1.03 bits per heavy atom. The predicted molar refractivity (Wildman–Crippen MR) is 122 cm³/mol. The van der Waals surface area contributed by atoms with Crippen LogP contribution in [-0.4, -0.2) is 35.2 Å². The molecule has 162 valence electrons. The number of nitrogens with one attached hydrogen (secondary N) is 2. The van der Waals surface area contributed by atoms with Crippen LogP contribution in [0.25, 0.3) is 0 Å². The average Bonchev–Trinajstić information content (AvgIpc) is 3.27. The number of aromatic nitrogens is 2. The number of ether oxygens (including phenoxy) is 1. The lowest BCUT2D eigenvalue weighted by Crippen LogP contribution is -2.33. The Hall–Kier alpha value is -3.26. The molecule has 2 amide bonds. The molecule has 0 aliphatic carbocycles. The summed E-state index contributed by atoms with van der Waals surface area (Å²) in [5, 5.41) is 14.7. The molecule has 1 heterocycles. The summed E-state index contributed by atoms with van der Waals surface area (Å²) in [7, 11) is 1.59. The molecule has 7 nitrogen and oxygen atoms in total. The van der Waals surface area contributed by atoms with E-state index in [9.17, 15) is 9.59 Å². The summed E-state index contributed by atoms with van der Waals surface area (Å²) >= 11 is 1.20. The molecule has 31 heavy (non-hydrogen) atoms. The van der Waals surface area contributed by atoms with Gasteiger partial charge in [0.05, 0.1) is 7.11 Å². The van der Waals surface area contributed by atoms with Gasteiger partial charge in [-0.05, 0) is 49.6 Å². The van der Waals surface area contributed by atoms with Gasteiger partial charge in [-0.3, -0.25) is 9.59 Å². The van der Waals surface area contributed by atoms with Crippen molar-refractivity contribution in [2.45, 2.75) is 38.6 Å². The third-order valence-corrected chi connectivity index (χ3v) is 5.67. The van der Waals surface area contributed by atoms with Gasteiger partial charge in [-0.2, -0.15) is 0 Å². The molecule has 3 rings (SSSR count). The van der Waals surface area contributed by atoms with Gasteiger partial charge in [0.2, 0.25) is 10.9 Å². The van der Waals surface area contributed by atoms with E-state index in [1.807, 2.05) is 25.1 Å². The van der Waals surface area contributed by atoms with Crippen molar-refractivity contribution in [1.82, 2.24) is 15.5 Å². The highest BCUT2D eigenvalue weighted by Crippen LogP contribution is 2.18. The van der Waals surface area contributed by atoms with Crippen LogP contribution in [0.3, 0.4) is 0 Å². The maximum Gasteiger partial charge on any atom is 0.286 e. The molecule has 0 unspecified atom stereocenters. The second-order valence-corrected chi connectivity index (χ2v) is 8.24. The fourth-order valence-electron chi connectivity index (χ4n) is 2.97. The lowest BCUT2D eigenvalue weighted by Gasteiger charge is -2.13. The number of nitrogens with zero attached hydrogens (tertiary/aromatic N) is 2. The SMILES string of the molecule is COc1ccc(NC(=O)c2nnc(CCC(=O)N[C@H](C)CCc3ccccc3)s2)cc1. The van der Waals surface area contributed by atoms with Crippen LogP contribution in [0.2, 0.25) is 0 Å². The number of carbonyl (C=O) groups excluding carboxylic acids is 2. The molecule has 0 fully saturated rings. The fraction of sp³-hybridized carbons (Fsp3) is 0.304. The largest absolute Gasteiger partial charge is 0.497 e. The molecule has 0 bridgehead atoms. The Balaban J connectivity index is 1.41. The Labute approximate surface area is 185 Å². The summed E-state index contributed by atoms with van der Waals surface area (Å²) in [6, 6.07) is 17.3. The number of amides is 2. The van der Waals surface area contributed by atoms with Gasteiger partial charge in [0.1, 0.15) is 10.8 Å². The van der Waals surface area contributed by atoms with E-state index in [4.69, 9.17) is 4.74 Å². The highest BCUT2D eigenvalue weighted by atomic mass is 32.1. The van der Waals surface area contributed by atoms with Gasteiger partial charge in [-0.1, -0.05) is 41.7 Å². The van der Waals surface area contributed by atoms with E-state index >= 15 is 0 Å². The van der Waals surface area contributed by atoms with Gasteiger partial charge in [-0.25, -0.2) is 0 Å². The number of methoxy groups -OCH3 is 1. The molecule has 1 aromatic heterocycles. The maximum atomic E-state index is 12.3. The molecule has 0 aliphatic heterocycles. The number of anilines is 1. The Morgan fingerprint density at radius 2 is 1.77 bits per heavy atom. The van der Waals surface area contributed by atoms with E-state index in [2.05, 4.69) is 33.0 Å². The first-order chi connectivity index (χ1) is 15.0. The van der Waals surface area contributed by atoms with Crippen LogP contribution in [-0.2, 0) is 17.6 Å².